The number of halogens is 1. The number of likely N-dealkylation sites (N-methyl/N-ethyl adjacent to an activating group) is 1. The number of carbonyl (C=O) groups excluding carboxylic acids is 2. The van der Waals surface area contributed by atoms with Crippen molar-refractivity contribution in [2.24, 2.45) is 5.92 Å². The van der Waals surface area contributed by atoms with E-state index in [1.54, 1.807) is 25.1 Å². The van der Waals surface area contributed by atoms with Crippen LogP contribution >= 0.6 is 15.9 Å². The van der Waals surface area contributed by atoms with Gasteiger partial charge < -0.3 is 10.2 Å². The number of hydrogen-bond donors (Lipinski definition) is 1. The lowest BCUT2D eigenvalue weighted by molar-refractivity contribution is -0.140. The van der Waals surface area contributed by atoms with Gasteiger partial charge in [-0.1, -0.05) is 72.2 Å². The smallest absolute Gasteiger partial charge is 0.243 e. The molecule has 0 aliphatic carbocycles. The van der Waals surface area contributed by atoms with E-state index >= 15 is 0 Å². The minimum Gasteiger partial charge on any atom is -0.354 e. The first-order valence-corrected chi connectivity index (χ1v) is 14.0. The standard InChI is InChI=1S/C27H32BrN3O4S/c1-19(2)16-29-27(33)20(3)31(17-21-9-12-24(28)13-10-21)26(32)18-30(4)36(34,35)25-14-11-22-7-5-6-8-23(22)15-25/h5-15,19-20H,16-18H2,1-4H3,(H,29,33)/t20-/m0/s1. The predicted octanol–water partition coefficient (Wildman–Crippen LogP) is 4.41. The van der Waals surface area contributed by atoms with Crippen molar-refractivity contribution in [2.75, 3.05) is 20.1 Å². The van der Waals surface area contributed by atoms with E-state index in [1.807, 2.05) is 62.4 Å². The van der Waals surface area contributed by atoms with Crippen LogP contribution in [0.25, 0.3) is 10.8 Å². The van der Waals surface area contributed by atoms with Crippen molar-refractivity contribution in [2.45, 2.75) is 38.3 Å². The van der Waals surface area contributed by atoms with Gasteiger partial charge in [0.2, 0.25) is 21.8 Å². The van der Waals surface area contributed by atoms with E-state index in [2.05, 4.69) is 21.2 Å². The van der Waals surface area contributed by atoms with E-state index in [0.717, 1.165) is 25.1 Å². The topological polar surface area (TPSA) is 86.8 Å². The molecule has 3 aromatic carbocycles. The summed E-state index contributed by atoms with van der Waals surface area (Å²) in [4.78, 5) is 27.8. The molecule has 1 atom stereocenters. The molecule has 0 saturated heterocycles. The molecule has 0 bridgehead atoms. The van der Waals surface area contributed by atoms with Gasteiger partial charge in [0.1, 0.15) is 6.04 Å². The molecule has 0 fully saturated rings. The SMILES string of the molecule is CC(C)CNC(=O)[C@H](C)N(Cc1ccc(Br)cc1)C(=O)CN(C)S(=O)(=O)c1ccc2ccccc2c1. The molecule has 2 amide bonds. The van der Waals surface area contributed by atoms with Crippen LogP contribution in [-0.4, -0.2) is 55.6 Å². The summed E-state index contributed by atoms with van der Waals surface area (Å²) in [7, 11) is -2.55. The minimum absolute atomic E-state index is 0.110. The molecular weight excluding hydrogens is 542 g/mol. The van der Waals surface area contributed by atoms with Gasteiger partial charge in [-0.2, -0.15) is 4.31 Å². The van der Waals surface area contributed by atoms with E-state index in [0.29, 0.717) is 6.54 Å². The first-order chi connectivity index (χ1) is 17.0. The molecule has 0 radical (unpaired) electrons. The fourth-order valence-electron chi connectivity index (χ4n) is 3.70. The van der Waals surface area contributed by atoms with Crippen LogP contribution in [0.2, 0.25) is 0 Å². The van der Waals surface area contributed by atoms with Crippen molar-refractivity contribution in [3.8, 4) is 0 Å². The van der Waals surface area contributed by atoms with E-state index in [-0.39, 0.29) is 23.3 Å². The lowest BCUT2D eigenvalue weighted by Crippen LogP contribution is -2.51. The van der Waals surface area contributed by atoms with Gasteiger partial charge in [-0.3, -0.25) is 9.59 Å². The Morgan fingerprint density at radius 2 is 1.58 bits per heavy atom. The zero-order valence-corrected chi connectivity index (χ0v) is 23.3. The Hall–Kier alpha value is -2.75. The fraction of sp³-hybridized carbons (Fsp3) is 0.333. The highest BCUT2D eigenvalue weighted by Crippen LogP contribution is 2.22. The van der Waals surface area contributed by atoms with Gasteiger partial charge >= 0.3 is 0 Å². The molecule has 3 aromatic rings. The maximum atomic E-state index is 13.4. The number of hydrogen-bond acceptors (Lipinski definition) is 4. The number of carbonyl (C=O) groups is 2. The summed E-state index contributed by atoms with van der Waals surface area (Å²) in [5, 5.41) is 4.59. The van der Waals surface area contributed by atoms with Gasteiger partial charge in [0.25, 0.3) is 0 Å². The zero-order chi connectivity index (χ0) is 26.5. The van der Waals surface area contributed by atoms with Crippen molar-refractivity contribution in [1.82, 2.24) is 14.5 Å². The Kier molecular flexibility index (Phi) is 9.27. The lowest BCUT2D eigenvalue weighted by atomic mass is 10.1. The highest BCUT2D eigenvalue weighted by molar-refractivity contribution is 9.10. The van der Waals surface area contributed by atoms with Crippen LogP contribution in [0.3, 0.4) is 0 Å². The largest absolute Gasteiger partial charge is 0.354 e. The average molecular weight is 575 g/mol. The quantitative estimate of drug-likeness (QED) is 0.389. The highest BCUT2D eigenvalue weighted by Gasteiger charge is 2.30. The molecule has 0 aromatic heterocycles. The van der Waals surface area contributed by atoms with Crippen molar-refractivity contribution < 1.29 is 18.0 Å². The normalized spacial score (nSPS) is 12.6. The maximum Gasteiger partial charge on any atom is 0.243 e. The van der Waals surface area contributed by atoms with Gasteiger partial charge in [0.15, 0.2) is 0 Å². The van der Waals surface area contributed by atoms with Crippen LogP contribution < -0.4 is 5.32 Å². The Morgan fingerprint density at radius 3 is 2.22 bits per heavy atom. The number of nitrogens with zero attached hydrogens (tertiary/aromatic N) is 2. The van der Waals surface area contributed by atoms with E-state index in [4.69, 9.17) is 0 Å². The number of fused-ring (bicyclic) bond motifs is 1. The van der Waals surface area contributed by atoms with Crippen molar-refractivity contribution in [3.63, 3.8) is 0 Å². The Balaban J connectivity index is 1.83. The zero-order valence-electron chi connectivity index (χ0n) is 20.9. The first-order valence-electron chi connectivity index (χ1n) is 11.8. The third-order valence-corrected chi connectivity index (χ3v) is 8.23. The molecule has 7 nitrogen and oxygen atoms in total. The second-order valence-electron chi connectivity index (χ2n) is 9.23. The molecule has 192 valence electrons. The number of benzene rings is 3. The lowest BCUT2D eigenvalue weighted by Gasteiger charge is -2.30. The molecule has 0 aliphatic heterocycles. The van der Waals surface area contributed by atoms with Gasteiger partial charge in [-0.15, -0.1) is 0 Å². The third kappa shape index (κ3) is 6.93. The van der Waals surface area contributed by atoms with Crippen molar-refractivity contribution in [3.05, 3.63) is 76.8 Å². The minimum atomic E-state index is -3.93. The Bertz CT molecular complexity index is 1330. The van der Waals surface area contributed by atoms with Crippen LogP contribution in [0.15, 0.2) is 76.1 Å². The van der Waals surface area contributed by atoms with Crippen LogP contribution in [0.4, 0.5) is 0 Å². The maximum absolute atomic E-state index is 13.4. The molecule has 0 heterocycles. The number of amides is 2. The van der Waals surface area contributed by atoms with Crippen LogP contribution in [-0.2, 0) is 26.2 Å². The molecule has 0 unspecified atom stereocenters. The van der Waals surface area contributed by atoms with Crippen LogP contribution in [0, 0.1) is 5.92 Å². The summed E-state index contributed by atoms with van der Waals surface area (Å²) in [5.74, 6) is -0.485. The fourth-order valence-corrected chi connectivity index (χ4v) is 5.12. The van der Waals surface area contributed by atoms with E-state index in [1.165, 1.54) is 11.9 Å². The summed E-state index contributed by atoms with van der Waals surface area (Å²) < 4.78 is 28.5. The summed E-state index contributed by atoms with van der Waals surface area (Å²) in [5.41, 5.74) is 0.829. The molecule has 36 heavy (non-hydrogen) atoms. The number of nitrogens with one attached hydrogen (secondary N) is 1. The molecule has 3 rings (SSSR count). The van der Waals surface area contributed by atoms with Crippen molar-refractivity contribution in [1.29, 1.82) is 0 Å². The molecule has 0 spiro atoms. The summed E-state index contributed by atoms with van der Waals surface area (Å²) in [6.45, 7) is 5.90. The second kappa shape index (κ2) is 12.0. The number of rotatable bonds is 10. The number of sulfonamides is 1. The first kappa shape index (κ1) is 27.8. The third-order valence-electron chi connectivity index (χ3n) is 5.91. The van der Waals surface area contributed by atoms with Crippen molar-refractivity contribution >= 4 is 48.5 Å². The average Bonchev–Trinajstić information content (AvgIpc) is 2.85. The Morgan fingerprint density at radius 1 is 0.944 bits per heavy atom. The van der Waals surface area contributed by atoms with E-state index < -0.39 is 28.5 Å². The highest BCUT2D eigenvalue weighted by atomic mass is 79.9. The molecule has 9 heteroatoms. The summed E-state index contributed by atoms with van der Waals surface area (Å²) >= 11 is 3.40. The molecule has 0 aliphatic rings. The molecule has 0 saturated carbocycles. The Labute approximate surface area is 221 Å². The van der Waals surface area contributed by atoms with Gasteiger partial charge in [-0.05, 0) is 53.4 Å². The summed E-state index contributed by atoms with van der Waals surface area (Å²) in [6, 6.07) is 19.0. The second-order valence-corrected chi connectivity index (χ2v) is 12.2. The van der Waals surface area contributed by atoms with E-state index in [9.17, 15) is 18.0 Å². The van der Waals surface area contributed by atoms with Gasteiger partial charge in [0, 0.05) is 24.6 Å². The summed E-state index contributed by atoms with van der Waals surface area (Å²) in [6.07, 6.45) is 0. The van der Waals surface area contributed by atoms with Gasteiger partial charge in [-0.25, -0.2) is 8.42 Å². The molecular formula is C27H32BrN3O4S. The predicted molar refractivity (Wildman–Crippen MR) is 146 cm³/mol. The van der Waals surface area contributed by atoms with Gasteiger partial charge in [0.05, 0.1) is 11.4 Å². The van der Waals surface area contributed by atoms with Crippen LogP contribution in [0.5, 0.6) is 0 Å². The monoisotopic (exact) mass is 573 g/mol. The van der Waals surface area contributed by atoms with Crippen LogP contribution in [0.1, 0.15) is 26.3 Å². The molecule has 1 N–H and O–H groups in total.